The summed E-state index contributed by atoms with van der Waals surface area (Å²) in [7, 11) is 0. The summed E-state index contributed by atoms with van der Waals surface area (Å²) in [6.07, 6.45) is 0. The molecule has 28 heavy (non-hydrogen) atoms. The summed E-state index contributed by atoms with van der Waals surface area (Å²) in [5.41, 5.74) is 4.87. The van der Waals surface area contributed by atoms with Crippen molar-refractivity contribution in [3.8, 4) is 6.07 Å². The second-order valence-corrected chi connectivity index (χ2v) is 8.01. The van der Waals surface area contributed by atoms with Gasteiger partial charge in [-0.25, -0.2) is 0 Å². The van der Waals surface area contributed by atoms with Crippen LogP contribution in [0.5, 0.6) is 0 Å². The summed E-state index contributed by atoms with van der Waals surface area (Å²) in [5.74, 6) is -0.161. The maximum atomic E-state index is 12.5. The molecule has 0 radical (unpaired) electrons. The zero-order valence-electron chi connectivity index (χ0n) is 16.2. The van der Waals surface area contributed by atoms with Crippen LogP contribution >= 0.6 is 11.3 Å². The van der Waals surface area contributed by atoms with Gasteiger partial charge >= 0.3 is 0 Å². The Labute approximate surface area is 169 Å². The Kier molecular flexibility index (Phi) is 6.25. The Hall–Kier alpha value is -2.94. The molecule has 0 bridgehead atoms. The van der Waals surface area contributed by atoms with Crippen molar-refractivity contribution in [2.24, 2.45) is 0 Å². The minimum absolute atomic E-state index is 0.0882. The lowest BCUT2D eigenvalue weighted by molar-refractivity contribution is -0.115. The van der Waals surface area contributed by atoms with Gasteiger partial charge in [-0.1, -0.05) is 60.2 Å². The van der Waals surface area contributed by atoms with E-state index in [0.717, 1.165) is 21.6 Å². The standard InChI is InChI=1S/C23H23N3OS/c1-15-9-11-19(12-10-15)22(18-7-5-4-6-8-18)25-14-21(27)26-23-20(13-24)16(2)17(3)28-23/h4-12,22,25H,14H2,1-3H3,(H,26,27). The summed E-state index contributed by atoms with van der Waals surface area (Å²) in [6.45, 7) is 6.06. The highest BCUT2D eigenvalue weighted by Gasteiger charge is 2.17. The molecule has 2 N–H and O–H groups in total. The highest BCUT2D eigenvalue weighted by Crippen LogP contribution is 2.31. The number of anilines is 1. The lowest BCUT2D eigenvalue weighted by Gasteiger charge is -2.20. The molecule has 1 unspecified atom stereocenters. The SMILES string of the molecule is Cc1ccc(C(NCC(=O)Nc2sc(C)c(C)c2C#N)c2ccccc2)cc1. The second-order valence-electron chi connectivity index (χ2n) is 6.78. The number of aryl methyl sites for hydroxylation is 2. The molecule has 2 aromatic carbocycles. The molecule has 1 atom stereocenters. The molecule has 0 aliphatic heterocycles. The largest absolute Gasteiger partial charge is 0.315 e. The highest BCUT2D eigenvalue weighted by molar-refractivity contribution is 7.16. The van der Waals surface area contributed by atoms with Crippen LogP contribution in [-0.2, 0) is 4.79 Å². The van der Waals surface area contributed by atoms with E-state index in [4.69, 9.17) is 0 Å². The van der Waals surface area contributed by atoms with Gasteiger partial charge in [0.05, 0.1) is 18.2 Å². The lowest BCUT2D eigenvalue weighted by atomic mass is 9.98. The van der Waals surface area contributed by atoms with Crippen molar-refractivity contribution in [2.45, 2.75) is 26.8 Å². The minimum atomic E-state index is -0.161. The first-order chi connectivity index (χ1) is 13.5. The van der Waals surface area contributed by atoms with Gasteiger partial charge in [0.15, 0.2) is 0 Å². The molecule has 0 fully saturated rings. The molecule has 5 heteroatoms. The van der Waals surface area contributed by atoms with Gasteiger partial charge < -0.3 is 5.32 Å². The number of nitrogens with zero attached hydrogens (tertiary/aromatic N) is 1. The van der Waals surface area contributed by atoms with E-state index in [-0.39, 0.29) is 18.5 Å². The molecular formula is C23H23N3OS. The van der Waals surface area contributed by atoms with E-state index in [1.54, 1.807) is 0 Å². The zero-order valence-corrected chi connectivity index (χ0v) is 17.1. The first kappa shape index (κ1) is 19.8. The zero-order chi connectivity index (χ0) is 20.1. The fourth-order valence-corrected chi connectivity index (χ4v) is 4.07. The number of hydrogen-bond donors (Lipinski definition) is 2. The summed E-state index contributed by atoms with van der Waals surface area (Å²) in [6, 6.07) is 20.5. The fraction of sp³-hybridized carbons (Fsp3) is 0.217. The van der Waals surface area contributed by atoms with Gasteiger partial charge in [-0.15, -0.1) is 11.3 Å². The number of nitriles is 1. The van der Waals surface area contributed by atoms with Gasteiger partial charge in [0.1, 0.15) is 11.1 Å². The Morgan fingerprint density at radius 2 is 1.68 bits per heavy atom. The van der Waals surface area contributed by atoms with Gasteiger partial charge in [-0.2, -0.15) is 5.26 Å². The van der Waals surface area contributed by atoms with Gasteiger partial charge in [0.2, 0.25) is 5.91 Å². The third-order valence-electron chi connectivity index (χ3n) is 4.76. The number of thiophene rings is 1. The van der Waals surface area contributed by atoms with Gasteiger partial charge in [0, 0.05) is 4.88 Å². The molecule has 3 aromatic rings. The predicted molar refractivity (Wildman–Crippen MR) is 115 cm³/mol. The first-order valence-corrected chi connectivity index (χ1v) is 9.96. The molecule has 0 saturated carbocycles. The van der Waals surface area contributed by atoms with Crippen LogP contribution in [0.2, 0.25) is 0 Å². The van der Waals surface area contributed by atoms with Crippen LogP contribution in [0, 0.1) is 32.1 Å². The molecule has 142 valence electrons. The monoisotopic (exact) mass is 389 g/mol. The van der Waals surface area contributed by atoms with Gasteiger partial charge in [0.25, 0.3) is 0 Å². The Morgan fingerprint density at radius 3 is 2.32 bits per heavy atom. The normalized spacial score (nSPS) is 11.6. The molecule has 0 saturated heterocycles. The van der Waals surface area contributed by atoms with E-state index in [2.05, 4.69) is 60.0 Å². The molecule has 4 nitrogen and oxygen atoms in total. The van der Waals surface area contributed by atoms with E-state index in [1.165, 1.54) is 16.9 Å². The summed E-state index contributed by atoms with van der Waals surface area (Å²) >= 11 is 1.44. The molecule has 0 aliphatic carbocycles. The molecule has 1 aromatic heterocycles. The van der Waals surface area contributed by atoms with E-state index < -0.39 is 0 Å². The Balaban J connectivity index is 1.75. The number of carbonyl (C=O) groups is 1. The number of rotatable bonds is 6. The van der Waals surface area contributed by atoms with E-state index in [0.29, 0.717) is 10.6 Å². The quantitative estimate of drug-likeness (QED) is 0.632. The van der Waals surface area contributed by atoms with Crippen LogP contribution in [0.25, 0.3) is 0 Å². The number of nitrogens with one attached hydrogen (secondary N) is 2. The van der Waals surface area contributed by atoms with Crippen molar-refractivity contribution in [3.05, 3.63) is 87.3 Å². The van der Waals surface area contributed by atoms with Crippen molar-refractivity contribution in [3.63, 3.8) is 0 Å². The number of amides is 1. The average Bonchev–Trinajstić information content (AvgIpc) is 2.96. The van der Waals surface area contributed by atoms with Gasteiger partial charge in [-0.05, 0) is 37.5 Å². The van der Waals surface area contributed by atoms with Crippen LogP contribution in [0.4, 0.5) is 5.00 Å². The smallest absolute Gasteiger partial charge is 0.238 e. The van der Waals surface area contributed by atoms with Crippen molar-refractivity contribution >= 4 is 22.2 Å². The van der Waals surface area contributed by atoms with Crippen molar-refractivity contribution in [2.75, 3.05) is 11.9 Å². The summed E-state index contributed by atoms with van der Waals surface area (Å²) < 4.78 is 0. The van der Waals surface area contributed by atoms with Gasteiger partial charge in [-0.3, -0.25) is 10.1 Å². The van der Waals surface area contributed by atoms with Crippen LogP contribution in [-0.4, -0.2) is 12.5 Å². The highest BCUT2D eigenvalue weighted by atomic mass is 32.1. The summed E-state index contributed by atoms with van der Waals surface area (Å²) in [4.78, 5) is 13.6. The molecule has 0 aliphatic rings. The Morgan fingerprint density at radius 1 is 1.04 bits per heavy atom. The third kappa shape index (κ3) is 4.48. The second kappa shape index (κ2) is 8.83. The third-order valence-corrected chi connectivity index (χ3v) is 5.88. The minimum Gasteiger partial charge on any atom is -0.315 e. The van der Waals surface area contributed by atoms with Crippen LogP contribution < -0.4 is 10.6 Å². The van der Waals surface area contributed by atoms with Crippen molar-refractivity contribution in [1.82, 2.24) is 5.32 Å². The topological polar surface area (TPSA) is 64.9 Å². The molecular weight excluding hydrogens is 366 g/mol. The van der Waals surface area contributed by atoms with E-state index >= 15 is 0 Å². The maximum absolute atomic E-state index is 12.5. The predicted octanol–water partition coefficient (Wildman–Crippen LogP) is 4.86. The molecule has 1 amide bonds. The van der Waals surface area contributed by atoms with Crippen molar-refractivity contribution in [1.29, 1.82) is 5.26 Å². The van der Waals surface area contributed by atoms with Crippen LogP contribution in [0.1, 0.15) is 38.7 Å². The van der Waals surface area contributed by atoms with Crippen molar-refractivity contribution < 1.29 is 4.79 Å². The summed E-state index contributed by atoms with van der Waals surface area (Å²) in [5, 5.41) is 16.2. The van der Waals surface area contributed by atoms with E-state index in [1.807, 2.05) is 32.0 Å². The molecule has 0 spiro atoms. The molecule has 3 rings (SSSR count). The van der Waals surface area contributed by atoms with Crippen LogP contribution in [0.15, 0.2) is 54.6 Å². The maximum Gasteiger partial charge on any atom is 0.238 e. The van der Waals surface area contributed by atoms with E-state index in [9.17, 15) is 10.1 Å². The number of benzene rings is 2. The Bertz CT molecular complexity index is 1000. The lowest BCUT2D eigenvalue weighted by Crippen LogP contribution is -2.31. The molecule has 1 heterocycles. The first-order valence-electron chi connectivity index (χ1n) is 9.14. The number of carbonyl (C=O) groups excluding carboxylic acids is 1. The fourth-order valence-electron chi connectivity index (χ4n) is 3.05. The average molecular weight is 390 g/mol. The van der Waals surface area contributed by atoms with Crippen LogP contribution in [0.3, 0.4) is 0 Å². The number of hydrogen-bond acceptors (Lipinski definition) is 4.